The molecule has 2 rings (SSSR count). The lowest BCUT2D eigenvalue weighted by molar-refractivity contribution is 0.0186. The van der Waals surface area contributed by atoms with E-state index in [9.17, 15) is 0 Å². The molecule has 16 heavy (non-hydrogen) atoms. The summed E-state index contributed by atoms with van der Waals surface area (Å²) in [6.07, 6.45) is 2.68. The predicted octanol–water partition coefficient (Wildman–Crippen LogP) is 3.35. The number of alkyl halides is 1. The van der Waals surface area contributed by atoms with Crippen LogP contribution in [-0.4, -0.2) is 25.2 Å². The van der Waals surface area contributed by atoms with Crippen molar-refractivity contribution in [3.63, 3.8) is 0 Å². The normalized spacial score (nSPS) is 25.4. The number of halogens is 1. The fraction of sp³-hybridized carbons (Fsp3) is 0.538. The molecular weight excluding hydrogens is 268 g/mol. The smallest absolute Gasteiger partial charge is 0.122 e. The largest absolute Gasteiger partial charge is 0.496 e. The molecule has 88 valence electrons. The van der Waals surface area contributed by atoms with Crippen molar-refractivity contribution >= 4 is 15.9 Å². The Labute approximate surface area is 105 Å². The van der Waals surface area contributed by atoms with Crippen LogP contribution in [-0.2, 0) is 4.74 Å². The first kappa shape index (κ1) is 11.9. The third-order valence-corrected chi connectivity index (χ3v) is 3.84. The maximum absolute atomic E-state index is 5.79. The fourth-order valence-electron chi connectivity index (χ4n) is 2.18. The van der Waals surface area contributed by atoms with Crippen LogP contribution in [0.3, 0.4) is 0 Å². The van der Waals surface area contributed by atoms with E-state index in [1.807, 2.05) is 12.1 Å². The van der Waals surface area contributed by atoms with E-state index in [4.69, 9.17) is 9.47 Å². The second-order valence-electron chi connectivity index (χ2n) is 4.13. The first-order valence-corrected chi connectivity index (χ1v) is 6.77. The molecule has 1 heterocycles. The lowest BCUT2D eigenvalue weighted by Crippen LogP contribution is -2.25. The Morgan fingerprint density at radius 1 is 1.38 bits per heavy atom. The average Bonchev–Trinajstić information content (AvgIpc) is 2.39. The molecule has 0 bridgehead atoms. The van der Waals surface area contributed by atoms with Crippen LogP contribution in [0.5, 0.6) is 5.75 Å². The molecule has 2 nitrogen and oxygen atoms in total. The van der Waals surface area contributed by atoms with E-state index >= 15 is 0 Å². The lowest BCUT2D eigenvalue weighted by atomic mass is 9.91. The van der Waals surface area contributed by atoms with Crippen molar-refractivity contribution < 1.29 is 9.47 Å². The van der Waals surface area contributed by atoms with Gasteiger partial charge in [-0.2, -0.15) is 0 Å². The maximum Gasteiger partial charge on any atom is 0.122 e. The number of hydrogen-bond donors (Lipinski definition) is 0. The first-order chi connectivity index (χ1) is 7.85. The van der Waals surface area contributed by atoms with Gasteiger partial charge in [-0.3, -0.25) is 0 Å². The van der Waals surface area contributed by atoms with Gasteiger partial charge in [0.2, 0.25) is 0 Å². The number of benzene rings is 1. The highest BCUT2D eigenvalue weighted by molar-refractivity contribution is 9.09. The molecule has 1 saturated heterocycles. The number of methoxy groups -OCH3 is 1. The molecule has 0 radical (unpaired) electrons. The van der Waals surface area contributed by atoms with Crippen LogP contribution >= 0.6 is 15.9 Å². The maximum atomic E-state index is 5.79. The second-order valence-corrected chi connectivity index (χ2v) is 4.77. The number of ether oxygens (including phenoxy) is 2. The van der Waals surface area contributed by atoms with E-state index in [-0.39, 0.29) is 0 Å². The molecule has 0 N–H and O–H groups in total. The monoisotopic (exact) mass is 284 g/mol. The third kappa shape index (κ3) is 2.58. The molecular formula is C13H17BrO2. The Morgan fingerprint density at radius 2 is 2.19 bits per heavy atom. The van der Waals surface area contributed by atoms with Gasteiger partial charge in [0.25, 0.3) is 0 Å². The van der Waals surface area contributed by atoms with Crippen LogP contribution in [0.15, 0.2) is 24.3 Å². The molecule has 1 aromatic carbocycles. The molecule has 1 aliphatic rings. The van der Waals surface area contributed by atoms with Crippen LogP contribution < -0.4 is 4.74 Å². The summed E-state index contributed by atoms with van der Waals surface area (Å²) in [5.74, 6) is 1.46. The van der Waals surface area contributed by atoms with E-state index in [1.54, 1.807) is 7.11 Å². The first-order valence-electron chi connectivity index (χ1n) is 5.65. The SMILES string of the molecule is COc1ccccc1C1CCC(CBr)OC1. The zero-order chi connectivity index (χ0) is 11.4. The number of para-hydroxylation sites is 1. The topological polar surface area (TPSA) is 18.5 Å². The van der Waals surface area contributed by atoms with Crippen molar-refractivity contribution in [1.29, 1.82) is 0 Å². The van der Waals surface area contributed by atoms with Gasteiger partial charge < -0.3 is 9.47 Å². The van der Waals surface area contributed by atoms with Gasteiger partial charge in [0.15, 0.2) is 0 Å². The molecule has 0 aromatic heterocycles. The van der Waals surface area contributed by atoms with Crippen molar-refractivity contribution in [3.05, 3.63) is 29.8 Å². The molecule has 1 fully saturated rings. The molecule has 2 unspecified atom stereocenters. The van der Waals surface area contributed by atoms with Gasteiger partial charge in [-0.1, -0.05) is 34.1 Å². The predicted molar refractivity (Wildman–Crippen MR) is 68.5 cm³/mol. The van der Waals surface area contributed by atoms with E-state index < -0.39 is 0 Å². The summed E-state index contributed by atoms with van der Waals surface area (Å²) in [7, 11) is 1.73. The van der Waals surface area contributed by atoms with Crippen LogP contribution in [0.1, 0.15) is 24.3 Å². The summed E-state index contributed by atoms with van der Waals surface area (Å²) in [4.78, 5) is 0. The molecule has 1 aromatic rings. The molecule has 0 aliphatic carbocycles. The molecule has 1 aliphatic heterocycles. The molecule has 3 heteroatoms. The summed E-state index contributed by atoms with van der Waals surface area (Å²) in [5, 5.41) is 0.936. The van der Waals surface area contributed by atoms with Crippen LogP contribution in [0.25, 0.3) is 0 Å². The van der Waals surface area contributed by atoms with Crippen molar-refractivity contribution in [3.8, 4) is 5.75 Å². The van der Waals surface area contributed by atoms with Crippen molar-refractivity contribution in [1.82, 2.24) is 0 Å². The summed E-state index contributed by atoms with van der Waals surface area (Å²) in [6, 6.07) is 8.23. The zero-order valence-electron chi connectivity index (χ0n) is 9.49. The number of hydrogen-bond acceptors (Lipinski definition) is 2. The lowest BCUT2D eigenvalue weighted by Gasteiger charge is -2.29. The summed E-state index contributed by atoms with van der Waals surface area (Å²) >= 11 is 3.47. The van der Waals surface area contributed by atoms with E-state index in [0.29, 0.717) is 12.0 Å². The Hall–Kier alpha value is -0.540. The van der Waals surface area contributed by atoms with Crippen LogP contribution in [0.2, 0.25) is 0 Å². The number of rotatable bonds is 3. The van der Waals surface area contributed by atoms with Gasteiger partial charge in [-0.25, -0.2) is 0 Å². The van der Waals surface area contributed by atoms with Gasteiger partial charge in [-0.05, 0) is 24.5 Å². The average molecular weight is 285 g/mol. The summed E-state index contributed by atoms with van der Waals surface area (Å²) < 4.78 is 11.2. The highest BCUT2D eigenvalue weighted by Crippen LogP contribution is 2.33. The Balaban J connectivity index is 2.07. The minimum Gasteiger partial charge on any atom is -0.496 e. The van der Waals surface area contributed by atoms with Crippen LogP contribution in [0.4, 0.5) is 0 Å². The zero-order valence-corrected chi connectivity index (χ0v) is 11.1. The van der Waals surface area contributed by atoms with Crippen LogP contribution in [0, 0.1) is 0 Å². The standard InChI is InChI=1S/C13H17BrO2/c1-15-13-5-3-2-4-12(13)10-6-7-11(8-14)16-9-10/h2-5,10-11H,6-9H2,1H3. The quantitative estimate of drug-likeness (QED) is 0.793. The van der Waals surface area contributed by atoms with Gasteiger partial charge >= 0.3 is 0 Å². The van der Waals surface area contributed by atoms with Gasteiger partial charge in [0.1, 0.15) is 5.75 Å². The Morgan fingerprint density at radius 3 is 2.81 bits per heavy atom. The minimum atomic E-state index is 0.381. The summed E-state index contributed by atoms with van der Waals surface area (Å²) in [6.45, 7) is 0.802. The van der Waals surface area contributed by atoms with Crippen molar-refractivity contribution in [2.24, 2.45) is 0 Å². The van der Waals surface area contributed by atoms with E-state index in [2.05, 4.69) is 28.1 Å². The highest BCUT2D eigenvalue weighted by Gasteiger charge is 2.24. The molecule has 0 saturated carbocycles. The van der Waals surface area contributed by atoms with Crippen molar-refractivity contribution in [2.75, 3.05) is 19.0 Å². The minimum absolute atomic E-state index is 0.381. The van der Waals surface area contributed by atoms with Gasteiger partial charge in [0.05, 0.1) is 19.8 Å². The Bertz CT molecular complexity index is 332. The second kappa shape index (κ2) is 5.69. The highest BCUT2D eigenvalue weighted by atomic mass is 79.9. The molecule has 0 amide bonds. The van der Waals surface area contributed by atoms with E-state index in [1.165, 1.54) is 12.0 Å². The summed E-state index contributed by atoms with van der Waals surface area (Å²) in [5.41, 5.74) is 1.28. The van der Waals surface area contributed by atoms with Crippen molar-refractivity contribution in [2.45, 2.75) is 24.9 Å². The Kier molecular flexibility index (Phi) is 4.24. The molecule has 2 atom stereocenters. The van der Waals surface area contributed by atoms with Gasteiger partial charge in [-0.15, -0.1) is 0 Å². The van der Waals surface area contributed by atoms with E-state index in [0.717, 1.165) is 24.1 Å². The third-order valence-electron chi connectivity index (χ3n) is 3.12. The van der Waals surface area contributed by atoms with Gasteiger partial charge in [0, 0.05) is 11.2 Å². The molecule has 0 spiro atoms. The fourth-order valence-corrected chi connectivity index (χ4v) is 2.69.